The standard InChI is InChI=1S/C16H22N4.ClH/c1-12-8-6-7-11-14(12)17-16-19-18-15(20(16)2)13-9-4-3-5-10-13;/h6-8,11,13H,3-5,9-10H2,1-2H3,(H,17,19);1H. The van der Waals surface area contributed by atoms with Crippen molar-refractivity contribution in [2.24, 2.45) is 7.05 Å². The van der Waals surface area contributed by atoms with Crippen molar-refractivity contribution in [3.05, 3.63) is 35.7 Å². The van der Waals surface area contributed by atoms with Crippen LogP contribution < -0.4 is 5.32 Å². The molecule has 2 aromatic rings. The normalized spacial score (nSPS) is 15.5. The molecule has 0 unspecified atom stereocenters. The number of hydrogen-bond acceptors (Lipinski definition) is 3. The highest BCUT2D eigenvalue weighted by atomic mass is 35.5. The van der Waals surface area contributed by atoms with Gasteiger partial charge in [-0.2, -0.15) is 0 Å². The zero-order valence-electron chi connectivity index (χ0n) is 12.7. The first-order valence-electron chi connectivity index (χ1n) is 7.47. The van der Waals surface area contributed by atoms with Crippen molar-refractivity contribution in [1.82, 2.24) is 14.8 Å². The van der Waals surface area contributed by atoms with Gasteiger partial charge in [0.2, 0.25) is 5.95 Å². The number of nitrogens with zero attached hydrogens (tertiary/aromatic N) is 3. The molecule has 1 N–H and O–H groups in total. The summed E-state index contributed by atoms with van der Waals surface area (Å²) in [7, 11) is 2.06. The largest absolute Gasteiger partial charge is 0.324 e. The quantitative estimate of drug-likeness (QED) is 0.917. The third-order valence-electron chi connectivity index (χ3n) is 4.27. The molecule has 5 heteroatoms. The maximum atomic E-state index is 4.42. The van der Waals surface area contributed by atoms with Crippen LogP contribution in [0.1, 0.15) is 49.4 Å². The SMILES string of the molecule is Cc1ccccc1Nc1nnc(C2CCCCC2)n1C.Cl. The second kappa shape index (κ2) is 6.94. The summed E-state index contributed by atoms with van der Waals surface area (Å²) >= 11 is 0. The van der Waals surface area contributed by atoms with Gasteiger partial charge in [-0.25, -0.2) is 0 Å². The fourth-order valence-electron chi connectivity index (χ4n) is 3.00. The average molecular weight is 307 g/mol. The van der Waals surface area contributed by atoms with E-state index in [0.717, 1.165) is 17.5 Å². The molecule has 4 nitrogen and oxygen atoms in total. The van der Waals surface area contributed by atoms with Gasteiger partial charge in [-0.3, -0.25) is 0 Å². The molecule has 1 aromatic carbocycles. The van der Waals surface area contributed by atoms with Gasteiger partial charge in [0.05, 0.1) is 0 Å². The Labute approximate surface area is 132 Å². The number of benzene rings is 1. The summed E-state index contributed by atoms with van der Waals surface area (Å²) in [6.07, 6.45) is 6.49. The van der Waals surface area contributed by atoms with E-state index in [1.54, 1.807) is 0 Å². The van der Waals surface area contributed by atoms with Crippen LogP contribution in [-0.4, -0.2) is 14.8 Å². The number of nitrogens with one attached hydrogen (secondary N) is 1. The van der Waals surface area contributed by atoms with Crippen LogP contribution in [0.15, 0.2) is 24.3 Å². The summed E-state index contributed by atoms with van der Waals surface area (Å²) in [6, 6.07) is 8.25. The van der Waals surface area contributed by atoms with E-state index < -0.39 is 0 Å². The zero-order valence-corrected chi connectivity index (χ0v) is 13.5. The zero-order chi connectivity index (χ0) is 13.9. The molecule has 1 aliphatic carbocycles. The van der Waals surface area contributed by atoms with Crippen molar-refractivity contribution < 1.29 is 0 Å². The molecule has 1 aliphatic rings. The van der Waals surface area contributed by atoms with Gasteiger partial charge in [-0.15, -0.1) is 22.6 Å². The van der Waals surface area contributed by atoms with Crippen LogP contribution in [0.2, 0.25) is 0 Å². The van der Waals surface area contributed by atoms with E-state index in [2.05, 4.69) is 46.2 Å². The highest BCUT2D eigenvalue weighted by Gasteiger charge is 2.21. The molecule has 0 amide bonds. The Bertz CT molecular complexity index is 588. The van der Waals surface area contributed by atoms with Gasteiger partial charge in [-0.05, 0) is 31.4 Å². The van der Waals surface area contributed by atoms with Crippen molar-refractivity contribution in [2.45, 2.75) is 44.9 Å². The molecule has 0 bridgehead atoms. The molecule has 1 aromatic heterocycles. The van der Waals surface area contributed by atoms with E-state index >= 15 is 0 Å². The number of halogens is 1. The highest BCUT2D eigenvalue weighted by molar-refractivity contribution is 5.85. The molecule has 1 saturated carbocycles. The lowest BCUT2D eigenvalue weighted by molar-refractivity contribution is 0.421. The monoisotopic (exact) mass is 306 g/mol. The molecule has 1 heterocycles. The fourth-order valence-corrected chi connectivity index (χ4v) is 3.00. The molecule has 21 heavy (non-hydrogen) atoms. The Morgan fingerprint density at radius 3 is 2.52 bits per heavy atom. The Hall–Kier alpha value is -1.55. The van der Waals surface area contributed by atoms with E-state index in [9.17, 15) is 0 Å². The second-order valence-corrected chi connectivity index (χ2v) is 5.72. The van der Waals surface area contributed by atoms with Crippen molar-refractivity contribution in [3.8, 4) is 0 Å². The van der Waals surface area contributed by atoms with Crippen LogP contribution in [0.25, 0.3) is 0 Å². The number of aromatic nitrogens is 3. The topological polar surface area (TPSA) is 42.7 Å². The fraction of sp³-hybridized carbons (Fsp3) is 0.500. The molecule has 1 fully saturated rings. The van der Waals surface area contributed by atoms with Gasteiger partial charge in [0.15, 0.2) is 0 Å². The van der Waals surface area contributed by atoms with Crippen LogP contribution in [0.5, 0.6) is 0 Å². The summed E-state index contributed by atoms with van der Waals surface area (Å²) in [5.41, 5.74) is 2.31. The lowest BCUT2D eigenvalue weighted by Crippen LogP contribution is -2.11. The van der Waals surface area contributed by atoms with Crippen LogP contribution in [0, 0.1) is 6.92 Å². The second-order valence-electron chi connectivity index (χ2n) is 5.72. The number of anilines is 2. The number of aryl methyl sites for hydroxylation is 1. The molecular formula is C16H23ClN4. The molecule has 0 saturated heterocycles. The maximum Gasteiger partial charge on any atom is 0.228 e. The Kier molecular flexibility index (Phi) is 5.23. The van der Waals surface area contributed by atoms with Crippen molar-refractivity contribution in [3.63, 3.8) is 0 Å². The number of hydrogen-bond donors (Lipinski definition) is 1. The summed E-state index contributed by atoms with van der Waals surface area (Å²) in [5.74, 6) is 2.54. The average Bonchev–Trinajstić information content (AvgIpc) is 2.84. The smallest absolute Gasteiger partial charge is 0.228 e. The summed E-state index contributed by atoms with van der Waals surface area (Å²) in [5, 5.41) is 12.1. The predicted molar refractivity (Wildman–Crippen MR) is 88.5 cm³/mol. The van der Waals surface area contributed by atoms with Gasteiger partial charge < -0.3 is 9.88 Å². The minimum atomic E-state index is 0. The van der Waals surface area contributed by atoms with E-state index in [-0.39, 0.29) is 12.4 Å². The van der Waals surface area contributed by atoms with Crippen LogP contribution in [-0.2, 0) is 7.05 Å². The first-order chi connectivity index (χ1) is 9.75. The van der Waals surface area contributed by atoms with E-state index in [1.807, 2.05) is 12.1 Å². The van der Waals surface area contributed by atoms with Gasteiger partial charge in [0.1, 0.15) is 5.82 Å². The molecule has 114 valence electrons. The minimum Gasteiger partial charge on any atom is -0.324 e. The van der Waals surface area contributed by atoms with Gasteiger partial charge >= 0.3 is 0 Å². The first-order valence-corrected chi connectivity index (χ1v) is 7.47. The Morgan fingerprint density at radius 1 is 1.10 bits per heavy atom. The lowest BCUT2D eigenvalue weighted by Gasteiger charge is -2.20. The first kappa shape index (κ1) is 15.8. The highest BCUT2D eigenvalue weighted by Crippen LogP contribution is 2.32. The molecule has 0 radical (unpaired) electrons. The van der Waals surface area contributed by atoms with Crippen molar-refractivity contribution >= 4 is 24.0 Å². The van der Waals surface area contributed by atoms with Gasteiger partial charge in [0, 0.05) is 18.7 Å². The molecule has 0 spiro atoms. The van der Waals surface area contributed by atoms with Gasteiger partial charge in [0.25, 0.3) is 0 Å². The molecular weight excluding hydrogens is 284 g/mol. The minimum absolute atomic E-state index is 0. The predicted octanol–water partition coefficient (Wildman–Crippen LogP) is 4.34. The van der Waals surface area contributed by atoms with Crippen LogP contribution >= 0.6 is 12.4 Å². The van der Waals surface area contributed by atoms with E-state index in [1.165, 1.54) is 37.7 Å². The number of rotatable bonds is 3. The third kappa shape index (κ3) is 3.38. The van der Waals surface area contributed by atoms with E-state index in [4.69, 9.17) is 0 Å². The molecule has 3 rings (SSSR count). The maximum absolute atomic E-state index is 4.42. The van der Waals surface area contributed by atoms with Crippen molar-refractivity contribution in [2.75, 3.05) is 5.32 Å². The molecule has 0 aliphatic heterocycles. The summed E-state index contributed by atoms with van der Waals surface area (Å²) < 4.78 is 2.11. The van der Waals surface area contributed by atoms with Crippen LogP contribution in [0.4, 0.5) is 11.6 Å². The van der Waals surface area contributed by atoms with Crippen LogP contribution in [0.3, 0.4) is 0 Å². The van der Waals surface area contributed by atoms with E-state index in [0.29, 0.717) is 5.92 Å². The number of para-hydroxylation sites is 1. The summed E-state index contributed by atoms with van der Waals surface area (Å²) in [6.45, 7) is 2.10. The third-order valence-corrected chi connectivity index (χ3v) is 4.27. The Morgan fingerprint density at radius 2 is 1.81 bits per heavy atom. The Balaban J connectivity index is 0.00000161. The van der Waals surface area contributed by atoms with Crippen molar-refractivity contribution in [1.29, 1.82) is 0 Å². The molecule has 0 atom stereocenters. The van der Waals surface area contributed by atoms with Gasteiger partial charge in [-0.1, -0.05) is 37.5 Å². The lowest BCUT2D eigenvalue weighted by atomic mass is 9.89. The summed E-state index contributed by atoms with van der Waals surface area (Å²) in [4.78, 5) is 0.